The molecule has 0 radical (unpaired) electrons. The zero-order chi connectivity index (χ0) is 25.1. The highest BCUT2D eigenvalue weighted by molar-refractivity contribution is 7.80. The van der Waals surface area contributed by atoms with E-state index in [0.717, 1.165) is 22.2 Å². The zero-order valence-electron chi connectivity index (χ0n) is 20.0. The Hall–Kier alpha value is -3.97. The number of nitrogens with zero attached hydrogens (tertiary/aromatic N) is 1. The molecule has 0 aliphatic rings. The number of carbonyl (C=O) groups is 1. The normalized spacial score (nSPS) is 11.3. The Kier molecular flexibility index (Phi) is 6.98. The first-order valence-corrected chi connectivity index (χ1v) is 11.7. The lowest BCUT2D eigenvalue weighted by Gasteiger charge is -2.09. The van der Waals surface area contributed by atoms with Gasteiger partial charge in [-0.3, -0.25) is 10.1 Å². The van der Waals surface area contributed by atoms with Gasteiger partial charge in [0.15, 0.2) is 10.7 Å². The van der Waals surface area contributed by atoms with Crippen LogP contribution in [0.15, 0.2) is 65.1 Å². The standard InChI is InChI=1S/C28H27N3O3S/c1-16(2)20-8-5-19(6-9-20)7-12-25(33)31-28(35)29-21-10-11-22(24(32)15-21)27-30-23-14-17(3)13-18(4)26(23)34-27/h5-16,32H,1-4H3,(H2,29,31,33,35)/b12-7+. The van der Waals surface area contributed by atoms with Crippen molar-refractivity contribution in [3.63, 3.8) is 0 Å². The molecule has 1 amide bonds. The van der Waals surface area contributed by atoms with Gasteiger partial charge in [0.2, 0.25) is 11.8 Å². The quantitative estimate of drug-likeness (QED) is 0.222. The molecule has 0 atom stereocenters. The van der Waals surface area contributed by atoms with Gasteiger partial charge in [0.05, 0.1) is 5.56 Å². The van der Waals surface area contributed by atoms with Crippen LogP contribution < -0.4 is 10.6 Å². The largest absolute Gasteiger partial charge is 0.507 e. The number of nitrogens with one attached hydrogen (secondary N) is 2. The van der Waals surface area contributed by atoms with E-state index in [1.54, 1.807) is 18.2 Å². The van der Waals surface area contributed by atoms with Gasteiger partial charge in [0.1, 0.15) is 11.3 Å². The number of phenolic OH excluding ortho intramolecular Hbond substituents is 1. The van der Waals surface area contributed by atoms with Crippen molar-refractivity contribution < 1.29 is 14.3 Å². The van der Waals surface area contributed by atoms with Crippen molar-refractivity contribution in [3.05, 3.63) is 82.9 Å². The molecular formula is C28H27N3O3S. The Morgan fingerprint density at radius 2 is 1.83 bits per heavy atom. The summed E-state index contributed by atoms with van der Waals surface area (Å²) in [6.07, 6.45) is 3.15. The van der Waals surface area contributed by atoms with Gasteiger partial charge in [-0.05, 0) is 78.5 Å². The second-order valence-corrected chi connectivity index (χ2v) is 9.19. The van der Waals surface area contributed by atoms with Crippen LogP contribution in [0.4, 0.5) is 5.69 Å². The van der Waals surface area contributed by atoms with Gasteiger partial charge in [-0.25, -0.2) is 4.98 Å². The summed E-state index contributed by atoms with van der Waals surface area (Å²) in [6, 6.07) is 16.9. The van der Waals surface area contributed by atoms with Gasteiger partial charge in [0, 0.05) is 17.8 Å². The molecule has 35 heavy (non-hydrogen) atoms. The van der Waals surface area contributed by atoms with Gasteiger partial charge >= 0.3 is 0 Å². The summed E-state index contributed by atoms with van der Waals surface area (Å²) >= 11 is 5.24. The Morgan fingerprint density at radius 3 is 2.51 bits per heavy atom. The van der Waals surface area contributed by atoms with Crippen molar-refractivity contribution in [1.29, 1.82) is 0 Å². The van der Waals surface area contributed by atoms with Gasteiger partial charge in [-0.15, -0.1) is 0 Å². The molecule has 0 saturated heterocycles. The number of oxazole rings is 1. The first-order valence-electron chi connectivity index (χ1n) is 11.3. The highest BCUT2D eigenvalue weighted by Crippen LogP contribution is 2.34. The molecule has 3 aromatic carbocycles. The molecule has 3 N–H and O–H groups in total. The van der Waals surface area contributed by atoms with Crippen molar-refractivity contribution in [3.8, 4) is 17.2 Å². The molecule has 178 valence electrons. The third kappa shape index (κ3) is 5.75. The third-order valence-electron chi connectivity index (χ3n) is 5.57. The van der Waals surface area contributed by atoms with Gasteiger partial charge in [-0.2, -0.15) is 0 Å². The predicted molar refractivity (Wildman–Crippen MR) is 145 cm³/mol. The number of benzene rings is 3. The summed E-state index contributed by atoms with van der Waals surface area (Å²) in [5.41, 5.74) is 6.67. The average Bonchev–Trinajstić information content (AvgIpc) is 3.22. The summed E-state index contributed by atoms with van der Waals surface area (Å²) in [7, 11) is 0. The fourth-order valence-electron chi connectivity index (χ4n) is 3.76. The first kappa shape index (κ1) is 24.2. The van der Waals surface area contributed by atoms with Crippen LogP contribution in [0.1, 0.15) is 42.0 Å². The van der Waals surface area contributed by atoms with E-state index >= 15 is 0 Å². The van der Waals surface area contributed by atoms with E-state index in [-0.39, 0.29) is 16.8 Å². The molecular weight excluding hydrogens is 458 g/mol. The van der Waals surface area contributed by atoms with E-state index in [1.165, 1.54) is 17.7 Å². The molecule has 7 heteroatoms. The predicted octanol–water partition coefficient (Wildman–Crippen LogP) is 6.47. The lowest BCUT2D eigenvalue weighted by Crippen LogP contribution is -2.32. The molecule has 0 unspecified atom stereocenters. The van der Waals surface area contributed by atoms with Crippen molar-refractivity contribution in [2.75, 3.05) is 5.32 Å². The first-order chi connectivity index (χ1) is 16.7. The van der Waals surface area contributed by atoms with Crippen LogP contribution in [0.3, 0.4) is 0 Å². The molecule has 0 fully saturated rings. The number of rotatable bonds is 5. The molecule has 6 nitrogen and oxygen atoms in total. The molecule has 0 aliphatic carbocycles. The van der Waals surface area contributed by atoms with Crippen LogP contribution in [-0.2, 0) is 4.79 Å². The third-order valence-corrected chi connectivity index (χ3v) is 5.78. The number of aryl methyl sites for hydroxylation is 2. The minimum atomic E-state index is -0.353. The van der Waals surface area contributed by atoms with Crippen LogP contribution in [0.2, 0.25) is 0 Å². The molecule has 0 saturated carbocycles. The van der Waals surface area contributed by atoms with E-state index in [4.69, 9.17) is 16.6 Å². The maximum Gasteiger partial charge on any atom is 0.250 e. The van der Waals surface area contributed by atoms with Crippen LogP contribution >= 0.6 is 12.2 Å². The maximum absolute atomic E-state index is 12.2. The molecule has 4 rings (SSSR count). The SMILES string of the molecule is Cc1cc(C)c2oc(-c3ccc(NC(=S)NC(=O)/C=C/c4ccc(C(C)C)cc4)cc3O)nc2c1. The fourth-order valence-corrected chi connectivity index (χ4v) is 3.98. The van der Waals surface area contributed by atoms with E-state index in [1.807, 2.05) is 50.2 Å². The topological polar surface area (TPSA) is 87.4 Å². The number of aromatic nitrogens is 1. The number of amides is 1. The molecule has 1 heterocycles. The minimum absolute atomic E-state index is 0.0187. The number of aromatic hydroxyl groups is 1. The van der Waals surface area contributed by atoms with Crippen LogP contribution in [0.5, 0.6) is 5.75 Å². The van der Waals surface area contributed by atoms with E-state index < -0.39 is 0 Å². The van der Waals surface area contributed by atoms with E-state index in [2.05, 4.69) is 29.5 Å². The van der Waals surface area contributed by atoms with Gasteiger partial charge in [-0.1, -0.05) is 44.2 Å². The van der Waals surface area contributed by atoms with Crippen molar-refractivity contribution in [2.24, 2.45) is 0 Å². The summed E-state index contributed by atoms with van der Waals surface area (Å²) < 4.78 is 5.89. The molecule has 0 aliphatic heterocycles. The summed E-state index contributed by atoms with van der Waals surface area (Å²) in [4.78, 5) is 16.8. The summed E-state index contributed by atoms with van der Waals surface area (Å²) in [5.74, 6) is 0.417. The highest BCUT2D eigenvalue weighted by Gasteiger charge is 2.15. The number of anilines is 1. The second-order valence-electron chi connectivity index (χ2n) is 8.78. The molecule has 0 bridgehead atoms. The van der Waals surface area contributed by atoms with Crippen molar-refractivity contribution >= 4 is 46.1 Å². The number of carbonyl (C=O) groups excluding carboxylic acids is 1. The maximum atomic E-state index is 12.2. The van der Waals surface area contributed by atoms with Crippen LogP contribution in [0.25, 0.3) is 28.6 Å². The van der Waals surface area contributed by atoms with Crippen LogP contribution in [-0.4, -0.2) is 21.1 Å². The van der Waals surface area contributed by atoms with Crippen molar-refractivity contribution in [1.82, 2.24) is 10.3 Å². The number of hydrogen-bond donors (Lipinski definition) is 3. The van der Waals surface area contributed by atoms with E-state index in [0.29, 0.717) is 28.6 Å². The van der Waals surface area contributed by atoms with Gasteiger partial charge in [0.25, 0.3) is 0 Å². The number of fused-ring (bicyclic) bond motifs is 1. The molecule has 4 aromatic rings. The molecule has 0 spiro atoms. The Labute approximate surface area is 209 Å². The Bertz CT molecular complexity index is 1440. The smallest absolute Gasteiger partial charge is 0.250 e. The Balaban J connectivity index is 1.39. The monoisotopic (exact) mass is 485 g/mol. The lowest BCUT2D eigenvalue weighted by atomic mass is 10.0. The van der Waals surface area contributed by atoms with Crippen LogP contribution in [0, 0.1) is 13.8 Å². The number of thiocarbonyl (C=S) groups is 1. The van der Waals surface area contributed by atoms with Gasteiger partial charge < -0.3 is 14.8 Å². The second kappa shape index (κ2) is 10.1. The van der Waals surface area contributed by atoms with E-state index in [9.17, 15) is 9.90 Å². The summed E-state index contributed by atoms with van der Waals surface area (Å²) in [5, 5.41) is 16.2. The lowest BCUT2D eigenvalue weighted by molar-refractivity contribution is -0.115. The highest BCUT2D eigenvalue weighted by atomic mass is 32.1. The average molecular weight is 486 g/mol. The summed E-state index contributed by atoms with van der Waals surface area (Å²) in [6.45, 7) is 8.23. The van der Waals surface area contributed by atoms with Crippen molar-refractivity contribution in [2.45, 2.75) is 33.6 Å². The number of phenols is 1. The Morgan fingerprint density at radius 1 is 1.09 bits per heavy atom. The fraction of sp³-hybridized carbons (Fsp3) is 0.179. The minimum Gasteiger partial charge on any atom is -0.507 e. The molecule has 1 aromatic heterocycles. The number of hydrogen-bond acceptors (Lipinski definition) is 5. The zero-order valence-corrected chi connectivity index (χ0v) is 20.9.